The second-order valence-corrected chi connectivity index (χ2v) is 7.61. The first kappa shape index (κ1) is 20.4. The average molecular weight is 404 g/mol. The minimum atomic E-state index is -0.482. The summed E-state index contributed by atoms with van der Waals surface area (Å²) >= 11 is 1.28. The van der Waals surface area contributed by atoms with Crippen molar-refractivity contribution in [2.75, 3.05) is 5.32 Å². The highest BCUT2D eigenvalue weighted by atomic mass is 32.2. The Morgan fingerprint density at radius 3 is 2.52 bits per heavy atom. The van der Waals surface area contributed by atoms with Crippen LogP contribution in [-0.2, 0) is 4.79 Å². The Morgan fingerprint density at radius 2 is 1.83 bits per heavy atom. The van der Waals surface area contributed by atoms with Crippen LogP contribution in [0.1, 0.15) is 28.3 Å². The van der Waals surface area contributed by atoms with E-state index in [1.807, 2.05) is 58.0 Å². The van der Waals surface area contributed by atoms with Gasteiger partial charge in [0.1, 0.15) is 17.4 Å². The van der Waals surface area contributed by atoms with Gasteiger partial charge in [0.25, 0.3) is 5.91 Å². The first-order valence-electron chi connectivity index (χ1n) is 8.94. The van der Waals surface area contributed by atoms with Crippen LogP contribution >= 0.6 is 11.8 Å². The van der Waals surface area contributed by atoms with Gasteiger partial charge in [-0.1, -0.05) is 12.1 Å². The lowest BCUT2D eigenvalue weighted by atomic mass is 10.1. The molecule has 3 aromatic rings. The molecule has 1 amide bonds. The Balaban J connectivity index is 1.76. The highest BCUT2D eigenvalue weighted by Gasteiger charge is 2.13. The van der Waals surface area contributed by atoms with Crippen molar-refractivity contribution >= 4 is 29.4 Å². The Hall–Kier alpha value is -3.37. The van der Waals surface area contributed by atoms with Crippen molar-refractivity contribution in [2.24, 2.45) is 0 Å². The van der Waals surface area contributed by atoms with E-state index in [-0.39, 0.29) is 5.57 Å². The van der Waals surface area contributed by atoms with Gasteiger partial charge in [-0.15, -0.1) is 0 Å². The molecular weight excluding hydrogens is 384 g/mol. The van der Waals surface area contributed by atoms with Gasteiger partial charge in [-0.3, -0.25) is 4.79 Å². The number of hydrogen-bond acceptors (Lipinski definition) is 6. The SMILES string of the molecule is Cc1ccc(C)c(NC(=O)C(C#N)=Cc2ccc(Sc3nc(C)cc(C)n3)o2)c1. The number of benzene rings is 1. The number of aromatic nitrogens is 2. The fourth-order valence-corrected chi connectivity index (χ4v) is 3.48. The Bertz CT molecular complexity index is 1120. The van der Waals surface area contributed by atoms with Crippen molar-refractivity contribution < 1.29 is 9.21 Å². The number of carbonyl (C=O) groups is 1. The van der Waals surface area contributed by atoms with Crippen LogP contribution in [0.15, 0.2) is 56.6 Å². The molecule has 2 aromatic heterocycles. The van der Waals surface area contributed by atoms with Crippen molar-refractivity contribution in [2.45, 2.75) is 37.9 Å². The highest BCUT2D eigenvalue weighted by Crippen LogP contribution is 2.28. The van der Waals surface area contributed by atoms with Gasteiger partial charge in [0, 0.05) is 23.2 Å². The van der Waals surface area contributed by atoms with E-state index in [0.717, 1.165) is 22.5 Å². The number of anilines is 1. The Morgan fingerprint density at radius 1 is 1.10 bits per heavy atom. The molecule has 0 fully saturated rings. The molecule has 7 heteroatoms. The normalized spacial score (nSPS) is 11.2. The zero-order valence-electron chi connectivity index (χ0n) is 16.6. The van der Waals surface area contributed by atoms with E-state index in [0.29, 0.717) is 21.7 Å². The van der Waals surface area contributed by atoms with Crippen LogP contribution in [-0.4, -0.2) is 15.9 Å². The van der Waals surface area contributed by atoms with Gasteiger partial charge >= 0.3 is 0 Å². The maximum atomic E-state index is 12.5. The molecule has 0 aliphatic carbocycles. The fraction of sp³-hybridized carbons (Fsp3) is 0.182. The minimum absolute atomic E-state index is 0.0422. The molecule has 0 saturated heterocycles. The third-order valence-corrected chi connectivity index (χ3v) is 4.83. The summed E-state index contributed by atoms with van der Waals surface area (Å²) in [4.78, 5) is 21.2. The van der Waals surface area contributed by atoms with E-state index in [4.69, 9.17) is 4.42 Å². The molecule has 0 bridgehead atoms. The van der Waals surface area contributed by atoms with Gasteiger partial charge in [-0.25, -0.2) is 9.97 Å². The molecule has 0 spiro atoms. The van der Waals surface area contributed by atoms with Crippen LogP contribution < -0.4 is 5.32 Å². The van der Waals surface area contributed by atoms with E-state index < -0.39 is 5.91 Å². The summed E-state index contributed by atoms with van der Waals surface area (Å²) in [5, 5.41) is 13.4. The van der Waals surface area contributed by atoms with Gasteiger partial charge in [0.15, 0.2) is 10.2 Å². The maximum Gasteiger partial charge on any atom is 0.266 e. The van der Waals surface area contributed by atoms with Crippen molar-refractivity contribution in [1.29, 1.82) is 5.26 Å². The standard InChI is InChI=1S/C22H20N4O2S/c1-13-5-6-14(2)19(9-13)26-21(27)17(12-23)11-18-7-8-20(28-18)29-22-24-15(3)10-16(4)25-22/h5-11H,1-4H3,(H,26,27). The molecule has 0 atom stereocenters. The van der Waals surface area contributed by atoms with Crippen LogP contribution in [0, 0.1) is 39.0 Å². The smallest absolute Gasteiger partial charge is 0.266 e. The van der Waals surface area contributed by atoms with Gasteiger partial charge in [-0.05, 0) is 74.8 Å². The van der Waals surface area contributed by atoms with Crippen molar-refractivity contribution in [3.05, 3.63) is 70.2 Å². The lowest BCUT2D eigenvalue weighted by Crippen LogP contribution is -2.14. The van der Waals surface area contributed by atoms with Crippen molar-refractivity contribution in [3.8, 4) is 6.07 Å². The van der Waals surface area contributed by atoms with Crippen LogP contribution in [0.25, 0.3) is 6.08 Å². The number of carbonyl (C=O) groups excluding carboxylic acids is 1. The molecule has 146 valence electrons. The van der Waals surface area contributed by atoms with Gasteiger partial charge < -0.3 is 9.73 Å². The first-order chi connectivity index (χ1) is 13.8. The largest absolute Gasteiger partial charge is 0.450 e. The predicted octanol–water partition coefficient (Wildman–Crippen LogP) is 5.00. The van der Waals surface area contributed by atoms with E-state index in [1.165, 1.54) is 17.8 Å². The molecule has 0 radical (unpaired) electrons. The van der Waals surface area contributed by atoms with Crippen molar-refractivity contribution in [3.63, 3.8) is 0 Å². The van der Waals surface area contributed by atoms with Crippen LogP contribution in [0.5, 0.6) is 0 Å². The number of nitrogens with zero attached hydrogens (tertiary/aromatic N) is 3. The first-order valence-corrected chi connectivity index (χ1v) is 9.76. The highest BCUT2D eigenvalue weighted by molar-refractivity contribution is 7.99. The second-order valence-electron chi connectivity index (χ2n) is 6.63. The van der Waals surface area contributed by atoms with Gasteiger partial charge in [-0.2, -0.15) is 5.26 Å². The number of furan rings is 1. The van der Waals surface area contributed by atoms with Crippen LogP contribution in [0.2, 0.25) is 0 Å². The molecular formula is C22H20N4O2S. The number of nitriles is 1. The maximum absolute atomic E-state index is 12.5. The molecule has 29 heavy (non-hydrogen) atoms. The molecule has 3 rings (SSSR count). The van der Waals surface area contributed by atoms with Crippen LogP contribution in [0.3, 0.4) is 0 Å². The lowest BCUT2D eigenvalue weighted by Gasteiger charge is -2.08. The zero-order valence-corrected chi connectivity index (χ0v) is 17.4. The number of hydrogen-bond donors (Lipinski definition) is 1. The Labute approximate surface area is 173 Å². The van der Waals surface area contributed by atoms with E-state index in [1.54, 1.807) is 12.1 Å². The van der Waals surface area contributed by atoms with E-state index in [9.17, 15) is 10.1 Å². The number of aryl methyl sites for hydroxylation is 4. The van der Waals surface area contributed by atoms with E-state index in [2.05, 4.69) is 15.3 Å². The summed E-state index contributed by atoms with van der Waals surface area (Å²) in [7, 11) is 0. The molecule has 0 unspecified atom stereocenters. The van der Waals surface area contributed by atoms with Gasteiger partial charge in [0.2, 0.25) is 0 Å². The minimum Gasteiger partial charge on any atom is -0.450 e. The third kappa shape index (κ3) is 5.33. The summed E-state index contributed by atoms with van der Waals surface area (Å²) in [5.41, 5.74) is 4.34. The molecule has 0 saturated carbocycles. The molecule has 2 heterocycles. The molecule has 6 nitrogen and oxygen atoms in total. The van der Waals surface area contributed by atoms with Gasteiger partial charge in [0.05, 0.1) is 0 Å². The monoisotopic (exact) mass is 404 g/mol. The Kier molecular flexibility index (Phi) is 6.15. The summed E-state index contributed by atoms with van der Waals surface area (Å²) in [5.74, 6) is -0.0750. The molecule has 0 aliphatic rings. The van der Waals surface area contributed by atoms with Crippen molar-refractivity contribution in [1.82, 2.24) is 9.97 Å². The third-order valence-electron chi connectivity index (χ3n) is 4.05. The van der Waals surface area contributed by atoms with Crippen LogP contribution in [0.4, 0.5) is 5.69 Å². The predicted molar refractivity (Wildman–Crippen MR) is 112 cm³/mol. The fourth-order valence-electron chi connectivity index (χ4n) is 2.65. The topological polar surface area (TPSA) is 91.8 Å². The summed E-state index contributed by atoms with van der Waals surface area (Å²) in [6.07, 6.45) is 1.42. The average Bonchev–Trinajstić information content (AvgIpc) is 3.08. The number of nitrogens with one attached hydrogen (secondary N) is 1. The second kappa shape index (κ2) is 8.76. The lowest BCUT2D eigenvalue weighted by molar-refractivity contribution is -0.112. The summed E-state index contributed by atoms with van der Waals surface area (Å²) in [6.45, 7) is 7.65. The molecule has 0 aliphatic heterocycles. The molecule has 1 N–H and O–H groups in total. The quantitative estimate of drug-likeness (QED) is 0.365. The zero-order chi connectivity index (χ0) is 21.0. The molecule has 1 aromatic carbocycles. The summed E-state index contributed by atoms with van der Waals surface area (Å²) in [6, 6.07) is 13.1. The number of amides is 1. The summed E-state index contributed by atoms with van der Waals surface area (Å²) < 4.78 is 5.72. The van der Waals surface area contributed by atoms with E-state index >= 15 is 0 Å². The number of rotatable bonds is 5.